The van der Waals surface area contributed by atoms with Crippen LogP contribution in [0, 0.1) is 0 Å². The van der Waals surface area contributed by atoms with Crippen LogP contribution in [0.4, 0.5) is 0 Å². The predicted molar refractivity (Wildman–Crippen MR) is 80.2 cm³/mol. The summed E-state index contributed by atoms with van der Waals surface area (Å²) in [5.74, 6) is 0. The molecule has 1 nitrogen and oxygen atoms in total. The van der Waals surface area contributed by atoms with E-state index >= 15 is 0 Å². The SMILES string of the molecule is C=CCC1(c2ccccc2)NCCc2ccccc21. The first-order valence-corrected chi connectivity index (χ1v) is 6.87. The quantitative estimate of drug-likeness (QED) is 0.819. The van der Waals surface area contributed by atoms with Gasteiger partial charge in [0.1, 0.15) is 0 Å². The van der Waals surface area contributed by atoms with E-state index in [1.165, 1.54) is 16.7 Å². The van der Waals surface area contributed by atoms with Crippen molar-refractivity contribution >= 4 is 0 Å². The van der Waals surface area contributed by atoms with E-state index in [0.29, 0.717) is 0 Å². The van der Waals surface area contributed by atoms with Gasteiger partial charge in [-0.05, 0) is 29.5 Å². The summed E-state index contributed by atoms with van der Waals surface area (Å²) in [5, 5.41) is 3.73. The molecular weight excluding hydrogens is 230 g/mol. The molecule has 0 radical (unpaired) electrons. The average molecular weight is 249 g/mol. The lowest BCUT2D eigenvalue weighted by molar-refractivity contribution is 0.383. The van der Waals surface area contributed by atoms with E-state index in [-0.39, 0.29) is 5.54 Å². The number of hydrogen-bond acceptors (Lipinski definition) is 1. The van der Waals surface area contributed by atoms with E-state index in [4.69, 9.17) is 0 Å². The zero-order valence-electron chi connectivity index (χ0n) is 11.1. The van der Waals surface area contributed by atoms with Crippen molar-refractivity contribution in [3.8, 4) is 0 Å². The molecule has 1 aliphatic rings. The molecule has 0 aliphatic carbocycles. The molecule has 0 fully saturated rings. The first-order chi connectivity index (χ1) is 9.37. The van der Waals surface area contributed by atoms with E-state index in [2.05, 4.69) is 66.5 Å². The fourth-order valence-electron chi connectivity index (χ4n) is 3.16. The summed E-state index contributed by atoms with van der Waals surface area (Å²) < 4.78 is 0. The van der Waals surface area contributed by atoms with E-state index in [1.807, 2.05) is 6.08 Å². The van der Waals surface area contributed by atoms with Crippen molar-refractivity contribution in [1.82, 2.24) is 5.32 Å². The third-order valence-electron chi connectivity index (χ3n) is 4.02. The fourth-order valence-corrected chi connectivity index (χ4v) is 3.16. The number of hydrogen-bond donors (Lipinski definition) is 1. The molecule has 96 valence electrons. The normalized spacial score (nSPS) is 21.7. The van der Waals surface area contributed by atoms with Gasteiger partial charge in [0.05, 0.1) is 5.54 Å². The van der Waals surface area contributed by atoms with Gasteiger partial charge < -0.3 is 5.32 Å². The largest absolute Gasteiger partial charge is 0.303 e. The van der Waals surface area contributed by atoms with E-state index in [0.717, 1.165) is 19.4 Å². The van der Waals surface area contributed by atoms with E-state index < -0.39 is 0 Å². The highest BCUT2D eigenvalue weighted by Crippen LogP contribution is 2.37. The van der Waals surface area contributed by atoms with Gasteiger partial charge in [0.15, 0.2) is 0 Å². The van der Waals surface area contributed by atoms with Crippen LogP contribution in [0.15, 0.2) is 67.3 Å². The van der Waals surface area contributed by atoms with Gasteiger partial charge in [-0.25, -0.2) is 0 Å². The summed E-state index contributed by atoms with van der Waals surface area (Å²) in [7, 11) is 0. The topological polar surface area (TPSA) is 12.0 Å². The fraction of sp³-hybridized carbons (Fsp3) is 0.222. The summed E-state index contributed by atoms with van der Waals surface area (Å²) in [6.07, 6.45) is 4.03. The number of nitrogens with one attached hydrogen (secondary N) is 1. The zero-order chi connectivity index (χ0) is 13.1. The molecule has 2 aromatic carbocycles. The van der Waals surface area contributed by atoms with Crippen molar-refractivity contribution in [1.29, 1.82) is 0 Å². The Hall–Kier alpha value is -1.86. The zero-order valence-corrected chi connectivity index (χ0v) is 11.1. The van der Waals surface area contributed by atoms with Crippen molar-refractivity contribution in [3.63, 3.8) is 0 Å². The Labute approximate surface area is 115 Å². The maximum absolute atomic E-state index is 3.96. The lowest BCUT2D eigenvalue weighted by atomic mass is 9.75. The van der Waals surface area contributed by atoms with Crippen molar-refractivity contribution in [2.75, 3.05) is 6.54 Å². The molecule has 1 atom stereocenters. The summed E-state index contributed by atoms with van der Waals surface area (Å²) in [5.41, 5.74) is 4.05. The Kier molecular flexibility index (Phi) is 3.22. The van der Waals surface area contributed by atoms with Crippen LogP contribution in [-0.4, -0.2) is 6.54 Å². The molecule has 2 aromatic rings. The third-order valence-corrected chi connectivity index (χ3v) is 4.02. The van der Waals surface area contributed by atoms with Gasteiger partial charge in [-0.2, -0.15) is 0 Å². The smallest absolute Gasteiger partial charge is 0.0728 e. The molecule has 1 heterocycles. The number of rotatable bonds is 3. The molecule has 0 bridgehead atoms. The molecule has 1 aliphatic heterocycles. The van der Waals surface area contributed by atoms with Crippen LogP contribution in [0.1, 0.15) is 23.1 Å². The van der Waals surface area contributed by atoms with Crippen LogP contribution in [0.2, 0.25) is 0 Å². The first kappa shape index (κ1) is 12.2. The van der Waals surface area contributed by atoms with Crippen LogP contribution < -0.4 is 5.32 Å². The highest BCUT2D eigenvalue weighted by atomic mass is 15.0. The van der Waals surface area contributed by atoms with Crippen LogP contribution in [0.3, 0.4) is 0 Å². The molecule has 0 spiro atoms. The van der Waals surface area contributed by atoms with Crippen molar-refractivity contribution in [3.05, 3.63) is 83.9 Å². The van der Waals surface area contributed by atoms with Gasteiger partial charge in [0, 0.05) is 6.54 Å². The van der Waals surface area contributed by atoms with Crippen molar-refractivity contribution in [2.45, 2.75) is 18.4 Å². The Morgan fingerprint density at radius 2 is 1.79 bits per heavy atom. The maximum Gasteiger partial charge on any atom is 0.0728 e. The maximum atomic E-state index is 3.96. The average Bonchev–Trinajstić information content (AvgIpc) is 2.49. The Bertz CT molecular complexity index is 573. The molecule has 0 saturated heterocycles. The summed E-state index contributed by atoms with van der Waals surface area (Å²) >= 11 is 0. The van der Waals surface area contributed by atoms with Gasteiger partial charge in [-0.15, -0.1) is 6.58 Å². The lowest BCUT2D eigenvalue weighted by Crippen LogP contribution is -2.47. The number of benzene rings is 2. The minimum Gasteiger partial charge on any atom is -0.303 e. The monoisotopic (exact) mass is 249 g/mol. The molecule has 1 unspecified atom stereocenters. The third kappa shape index (κ3) is 2.00. The molecule has 0 aromatic heterocycles. The molecule has 0 amide bonds. The Morgan fingerprint density at radius 3 is 2.58 bits per heavy atom. The van der Waals surface area contributed by atoms with Gasteiger partial charge in [-0.3, -0.25) is 0 Å². The minimum absolute atomic E-state index is 0.113. The first-order valence-electron chi connectivity index (χ1n) is 6.87. The predicted octanol–water partition coefficient (Wildman–Crippen LogP) is 3.65. The molecule has 0 saturated carbocycles. The molecule has 1 N–H and O–H groups in total. The summed E-state index contributed by atoms with van der Waals surface area (Å²) in [4.78, 5) is 0. The van der Waals surface area contributed by atoms with Crippen LogP contribution in [-0.2, 0) is 12.0 Å². The highest BCUT2D eigenvalue weighted by molar-refractivity contribution is 5.45. The second-order valence-corrected chi connectivity index (χ2v) is 5.10. The summed E-state index contributed by atoms with van der Waals surface area (Å²) in [6.45, 7) is 4.97. The van der Waals surface area contributed by atoms with Gasteiger partial charge in [0.25, 0.3) is 0 Å². The van der Waals surface area contributed by atoms with Crippen LogP contribution >= 0.6 is 0 Å². The van der Waals surface area contributed by atoms with E-state index in [1.54, 1.807) is 0 Å². The molecule has 3 rings (SSSR count). The van der Waals surface area contributed by atoms with Crippen molar-refractivity contribution < 1.29 is 0 Å². The Morgan fingerprint density at radius 1 is 1.05 bits per heavy atom. The van der Waals surface area contributed by atoms with Crippen LogP contribution in [0.25, 0.3) is 0 Å². The molecule has 1 heteroatoms. The van der Waals surface area contributed by atoms with Crippen molar-refractivity contribution in [2.24, 2.45) is 0 Å². The Balaban J connectivity index is 2.20. The second-order valence-electron chi connectivity index (χ2n) is 5.10. The van der Waals surface area contributed by atoms with Crippen LogP contribution in [0.5, 0.6) is 0 Å². The second kappa shape index (κ2) is 5.02. The standard InChI is InChI=1S/C18H19N/c1-2-13-18(16-9-4-3-5-10-16)17-11-7-6-8-15(17)12-14-19-18/h2-11,19H,1,12-14H2. The molecule has 19 heavy (non-hydrogen) atoms. The van der Waals surface area contributed by atoms with E-state index in [9.17, 15) is 0 Å². The highest BCUT2D eigenvalue weighted by Gasteiger charge is 2.36. The molecular formula is C18H19N. The lowest BCUT2D eigenvalue weighted by Gasteiger charge is -2.40. The van der Waals surface area contributed by atoms with Gasteiger partial charge in [0.2, 0.25) is 0 Å². The summed E-state index contributed by atoms with van der Waals surface area (Å²) in [6, 6.07) is 19.5. The van der Waals surface area contributed by atoms with Gasteiger partial charge in [-0.1, -0.05) is 60.7 Å². The number of fused-ring (bicyclic) bond motifs is 1. The minimum atomic E-state index is -0.113. The van der Waals surface area contributed by atoms with Gasteiger partial charge >= 0.3 is 0 Å².